The second-order valence-electron chi connectivity index (χ2n) is 6.77. The van der Waals surface area contributed by atoms with Crippen molar-refractivity contribution in [2.24, 2.45) is 0 Å². The normalized spacial score (nSPS) is 16.4. The van der Waals surface area contributed by atoms with Crippen molar-refractivity contribution in [3.63, 3.8) is 0 Å². The number of furan rings is 1. The van der Waals surface area contributed by atoms with E-state index in [9.17, 15) is 9.59 Å². The van der Waals surface area contributed by atoms with Crippen LogP contribution < -0.4 is 0 Å². The summed E-state index contributed by atoms with van der Waals surface area (Å²) in [5.41, 5.74) is 0.132. The highest BCUT2D eigenvalue weighted by Gasteiger charge is 2.26. The van der Waals surface area contributed by atoms with E-state index in [1.165, 1.54) is 0 Å². The lowest BCUT2D eigenvalue weighted by Crippen LogP contribution is -2.49. The summed E-state index contributed by atoms with van der Waals surface area (Å²) in [6.07, 6.45) is -0.292. The van der Waals surface area contributed by atoms with Gasteiger partial charge < -0.3 is 19.2 Å². The number of amides is 1. The van der Waals surface area contributed by atoms with Gasteiger partial charge in [-0.2, -0.15) is 0 Å². The van der Waals surface area contributed by atoms with Crippen LogP contribution in [0.3, 0.4) is 0 Å². The van der Waals surface area contributed by atoms with E-state index in [-0.39, 0.29) is 11.9 Å². The maximum atomic E-state index is 12.0. The van der Waals surface area contributed by atoms with E-state index in [1.807, 2.05) is 20.8 Å². The fourth-order valence-electron chi connectivity index (χ4n) is 2.47. The van der Waals surface area contributed by atoms with E-state index >= 15 is 0 Å². The van der Waals surface area contributed by atoms with Crippen LogP contribution >= 0.6 is 0 Å². The Morgan fingerprint density at radius 2 is 1.87 bits per heavy atom. The molecule has 1 amide bonds. The molecular weight excluding hydrogens is 300 g/mol. The summed E-state index contributed by atoms with van der Waals surface area (Å²) in [4.78, 5) is 26.8. The molecule has 23 heavy (non-hydrogen) atoms. The summed E-state index contributed by atoms with van der Waals surface area (Å²) in [6.45, 7) is 10.4. The number of ether oxygens (including phenoxy) is 1. The van der Waals surface area contributed by atoms with Crippen molar-refractivity contribution in [2.45, 2.75) is 39.8 Å². The molecule has 1 N–H and O–H groups in total. The fourth-order valence-corrected chi connectivity index (χ4v) is 2.47. The molecule has 7 nitrogen and oxygen atoms in total. The van der Waals surface area contributed by atoms with Crippen LogP contribution in [0, 0.1) is 6.92 Å². The summed E-state index contributed by atoms with van der Waals surface area (Å²) < 4.78 is 10.7. The van der Waals surface area contributed by atoms with E-state index in [0.29, 0.717) is 44.0 Å². The predicted octanol–water partition coefficient (Wildman–Crippen LogP) is 2.34. The number of aryl methyl sites for hydroxylation is 1. The van der Waals surface area contributed by atoms with Crippen LogP contribution in [0.2, 0.25) is 0 Å². The van der Waals surface area contributed by atoms with Crippen molar-refractivity contribution in [3.8, 4) is 0 Å². The molecule has 128 valence electrons. The van der Waals surface area contributed by atoms with Crippen LogP contribution in [-0.2, 0) is 11.3 Å². The van der Waals surface area contributed by atoms with E-state index in [2.05, 4.69) is 4.90 Å². The number of piperazine rings is 1. The SMILES string of the molecule is Cc1cc(CN2CCN(C(=O)OC(C)(C)C)CC2)oc1C(=O)O. The predicted molar refractivity (Wildman–Crippen MR) is 83.5 cm³/mol. The topological polar surface area (TPSA) is 83.2 Å². The third kappa shape index (κ3) is 4.72. The highest BCUT2D eigenvalue weighted by Crippen LogP contribution is 2.18. The van der Waals surface area contributed by atoms with Crippen LogP contribution in [0.15, 0.2) is 10.5 Å². The van der Waals surface area contributed by atoms with Crippen molar-refractivity contribution >= 4 is 12.1 Å². The molecule has 1 aliphatic rings. The van der Waals surface area contributed by atoms with Crippen molar-refractivity contribution in [2.75, 3.05) is 26.2 Å². The number of rotatable bonds is 3. The lowest BCUT2D eigenvalue weighted by molar-refractivity contribution is 0.0133. The summed E-state index contributed by atoms with van der Waals surface area (Å²) in [5, 5.41) is 9.01. The number of hydrogen-bond donors (Lipinski definition) is 1. The maximum absolute atomic E-state index is 12.0. The standard InChI is InChI=1S/C16H24N2O5/c1-11-9-12(22-13(11)14(19)20)10-17-5-7-18(8-6-17)15(21)23-16(2,3)4/h9H,5-8,10H2,1-4H3,(H,19,20). The molecule has 0 spiro atoms. The van der Waals surface area contributed by atoms with Gasteiger partial charge >= 0.3 is 12.1 Å². The molecule has 0 atom stereocenters. The summed E-state index contributed by atoms with van der Waals surface area (Å²) in [7, 11) is 0. The molecule has 1 aromatic heterocycles. The second kappa shape index (κ2) is 6.62. The van der Waals surface area contributed by atoms with Crippen LogP contribution in [-0.4, -0.2) is 58.7 Å². The number of carboxylic acid groups (broad SMARTS) is 1. The Bertz CT molecular complexity index is 580. The molecule has 2 rings (SSSR count). The molecular formula is C16H24N2O5. The quantitative estimate of drug-likeness (QED) is 0.919. The Hall–Kier alpha value is -2.02. The Kier molecular flexibility index (Phi) is 4.99. The summed E-state index contributed by atoms with van der Waals surface area (Å²) in [5.74, 6) is -0.429. The zero-order valence-electron chi connectivity index (χ0n) is 14.1. The van der Waals surface area contributed by atoms with Crippen molar-refractivity contribution in [1.82, 2.24) is 9.80 Å². The first-order valence-electron chi connectivity index (χ1n) is 7.68. The van der Waals surface area contributed by atoms with Gasteiger partial charge in [0, 0.05) is 31.7 Å². The van der Waals surface area contributed by atoms with Gasteiger partial charge in [-0.25, -0.2) is 9.59 Å². The molecule has 7 heteroatoms. The third-order valence-electron chi connectivity index (χ3n) is 3.57. The van der Waals surface area contributed by atoms with Crippen LogP contribution in [0.4, 0.5) is 4.79 Å². The number of nitrogens with zero attached hydrogens (tertiary/aromatic N) is 2. The molecule has 1 aliphatic heterocycles. The Labute approximate surface area is 135 Å². The minimum Gasteiger partial charge on any atom is -0.475 e. The highest BCUT2D eigenvalue weighted by molar-refractivity contribution is 5.86. The van der Waals surface area contributed by atoms with Crippen molar-refractivity contribution in [3.05, 3.63) is 23.2 Å². The largest absolute Gasteiger partial charge is 0.475 e. The summed E-state index contributed by atoms with van der Waals surface area (Å²) in [6, 6.07) is 1.75. The average Bonchev–Trinajstić information content (AvgIpc) is 2.78. The Morgan fingerprint density at radius 1 is 1.26 bits per heavy atom. The van der Waals surface area contributed by atoms with Gasteiger partial charge in [0.25, 0.3) is 0 Å². The molecule has 1 fully saturated rings. The molecule has 1 aromatic rings. The molecule has 2 heterocycles. The Morgan fingerprint density at radius 3 is 2.35 bits per heavy atom. The molecule has 0 aromatic carbocycles. The van der Waals surface area contributed by atoms with E-state index in [1.54, 1.807) is 17.9 Å². The third-order valence-corrected chi connectivity index (χ3v) is 3.57. The monoisotopic (exact) mass is 324 g/mol. The van der Waals surface area contributed by atoms with Gasteiger partial charge in [0.2, 0.25) is 5.76 Å². The van der Waals surface area contributed by atoms with Crippen LogP contribution in [0.1, 0.15) is 42.6 Å². The minimum atomic E-state index is -1.05. The molecule has 0 aliphatic carbocycles. The summed E-state index contributed by atoms with van der Waals surface area (Å²) >= 11 is 0. The van der Waals surface area contributed by atoms with Gasteiger partial charge in [0.05, 0.1) is 6.54 Å². The van der Waals surface area contributed by atoms with E-state index < -0.39 is 11.6 Å². The molecule has 1 saturated heterocycles. The number of carboxylic acids is 1. The number of carbonyl (C=O) groups excluding carboxylic acids is 1. The maximum Gasteiger partial charge on any atom is 0.410 e. The van der Waals surface area contributed by atoms with E-state index in [0.717, 1.165) is 0 Å². The second-order valence-corrected chi connectivity index (χ2v) is 6.77. The van der Waals surface area contributed by atoms with Gasteiger partial charge in [-0.05, 0) is 33.8 Å². The lowest BCUT2D eigenvalue weighted by Gasteiger charge is -2.35. The highest BCUT2D eigenvalue weighted by atomic mass is 16.6. The first kappa shape index (κ1) is 17.3. The van der Waals surface area contributed by atoms with Gasteiger partial charge in [-0.3, -0.25) is 4.90 Å². The zero-order valence-corrected chi connectivity index (χ0v) is 14.1. The molecule has 0 saturated carbocycles. The smallest absolute Gasteiger partial charge is 0.410 e. The number of aromatic carboxylic acids is 1. The minimum absolute atomic E-state index is 0.00705. The van der Waals surface area contributed by atoms with E-state index in [4.69, 9.17) is 14.3 Å². The molecule has 0 bridgehead atoms. The number of carbonyl (C=O) groups is 2. The first-order chi connectivity index (χ1) is 10.7. The van der Waals surface area contributed by atoms with Crippen molar-refractivity contribution in [1.29, 1.82) is 0 Å². The van der Waals surface area contributed by atoms with Gasteiger partial charge in [0.15, 0.2) is 0 Å². The van der Waals surface area contributed by atoms with Crippen molar-refractivity contribution < 1.29 is 23.8 Å². The molecule has 0 radical (unpaired) electrons. The fraction of sp³-hybridized carbons (Fsp3) is 0.625. The van der Waals surface area contributed by atoms with Gasteiger partial charge in [0.1, 0.15) is 11.4 Å². The number of hydrogen-bond acceptors (Lipinski definition) is 5. The zero-order chi connectivity index (χ0) is 17.2. The van der Waals surface area contributed by atoms with Crippen LogP contribution in [0.5, 0.6) is 0 Å². The lowest BCUT2D eigenvalue weighted by atomic mass is 10.2. The van der Waals surface area contributed by atoms with Crippen LogP contribution in [0.25, 0.3) is 0 Å². The first-order valence-corrected chi connectivity index (χ1v) is 7.68. The average molecular weight is 324 g/mol. The van der Waals surface area contributed by atoms with Gasteiger partial charge in [-0.1, -0.05) is 0 Å². The molecule has 0 unspecified atom stereocenters. The van der Waals surface area contributed by atoms with Gasteiger partial charge in [-0.15, -0.1) is 0 Å². The Balaban J connectivity index is 1.86.